The van der Waals surface area contributed by atoms with Crippen LogP contribution in [0.5, 0.6) is 0 Å². The van der Waals surface area contributed by atoms with Crippen LogP contribution in [0.2, 0.25) is 0 Å². The number of rotatable bonds is 5. The number of aryl methyl sites for hydroxylation is 1. The minimum absolute atomic E-state index is 0.162. The van der Waals surface area contributed by atoms with Gasteiger partial charge in [-0.1, -0.05) is 17.4 Å². The molecule has 0 aliphatic heterocycles. The Morgan fingerprint density at radius 1 is 1.36 bits per heavy atom. The minimum Gasteiger partial charge on any atom is -0.478 e. The summed E-state index contributed by atoms with van der Waals surface area (Å²) in [6, 6.07) is 6.67. The van der Waals surface area contributed by atoms with Crippen molar-refractivity contribution >= 4 is 40.3 Å². The molecule has 7 nitrogen and oxygen atoms in total. The van der Waals surface area contributed by atoms with Crippen LogP contribution < -0.4 is 5.32 Å². The first-order chi connectivity index (χ1) is 11.9. The molecule has 0 radical (unpaired) electrons. The van der Waals surface area contributed by atoms with Gasteiger partial charge in [-0.2, -0.15) is 5.10 Å². The highest BCUT2D eigenvalue weighted by Crippen LogP contribution is 2.33. The lowest BCUT2D eigenvalue weighted by atomic mass is 10.2. The normalized spacial score (nSPS) is 10.6. The summed E-state index contributed by atoms with van der Waals surface area (Å²) < 4.78 is 1.66. The number of hydrogen-bond donors (Lipinski definition) is 2. The van der Waals surface area contributed by atoms with E-state index in [0.29, 0.717) is 5.13 Å². The zero-order valence-electron chi connectivity index (χ0n) is 13.4. The number of nitrogens with one attached hydrogen (secondary N) is 1. The molecule has 0 spiro atoms. The van der Waals surface area contributed by atoms with Crippen molar-refractivity contribution in [1.82, 2.24) is 14.2 Å². The first kappa shape index (κ1) is 17.2. The third-order valence-electron chi connectivity index (χ3n) is 3.18. The van der Waals surface area contributed by atoms with Gasteiger partial charge in [-0.15, -0.1) is 0 Å². The van der Waals surface area contributed by atoms with Crippen molar-refractivity contribution in [1.29, 1.82) is 0 Å². The number of hydrogen-bond acceptors (Lipinski definition) is 6. The van der Waals surface area contributed by atoms with E-state index in [4.69, 9.17) is 5.11 Å². The van der Waals surface area contributed by atoms with Gasteiger partial charge in [0.25, 0.3) is 0 Å². The molecule has 128 valence electrons. The average Bonchev–Trinajstić information content (AvgIpc) is 3.13. The Balaban J connectivity index is 1.81. The van der Waals surface area contributed by atoms with Gasteiger partial charge in [0.1, 0.15) is 0 Å². The second-order valence-corrected chi connectivity index (χ2v) is 7.20. The standard InChI is InChI=1S/C16H14N4O3S2/c1-9-14(24-16(18-9)19-10(2)21)12-7-17-20(8-12)25-13-5-3-4-11(6-13)15(22)23/h3-8H,1-2H3,(H,22,23)(H,18,19,21). The van der Waals surface area contributed by atoms with Gasteiger partial charge in [0.15, 0.2) is 5.13 Å². The third-order valence-corrected chi connectivity index (χ3v) is 5.16. The van der Waals surface area contributed by atoms with Crippen molar-refractivity contribution in [3.63, 3.8) is 0 Å². The van der Waals surface area contributed by atoms with E-state index in [1.165, 1.54) is 30.2 Å². The number of thiazole rings is 1. The van der Waals surface area contributed by atoms with Crippen molar-refractivity contribution in [3.8, 4) is 10.4 Å². The van der Waals surface area contributed by atoms with Crippen molar-refractivity contribution < 1.29 is 14.7 Å². The SMILES string of the molecule is CC(=O)Nc1nc(C)c(-c2cnn(Sc3cccc(C(=O)O)c3)c2)s1. The van der Waals surface area contributed by atoms with E-state index in [1.54, 1.807) is 28.5 Å². The number of carbonyl (C=O) groups is 2. The molecule has 0 fully saturated rings. The molecule has 2 aromatic heterocycles. The summed E-state index contributed by atoms with van der Waals surface area (Å²) in [5.41, 5.74) is 1.93. The Labute approximate surface area is 151 Å². The first-order valence-electron chi connectivity index (χ1n) is 7.24. The number of benzene rings is 1. The van der Waals surface area contributed by atoms with E-state index in [0.717, 1.165) is 21.0 Å². The predicted molar refractivity (Wildman–Crippen MR) is 97.0 cm³/mol. The lowest BCUT2D eigenvalue weighted by Gasteiger charge is -2.01. The number of carboxylic acid groups (broad SMARTS) is 1. The van der Waals surface area contributed by atoms with Gasteiger partial charge < -0.3 is 10.4 Å². The fourth-order valence-corrected chi connectivity index (χ4v) is 3.92. The summed E-state index contributed by atoms with van der Waals surface area (Å²) in [5.74, 6) is -1.13. The molecule has 0 bridgehead atoms. The fraction of sp³-hybridized carbons (Fsp3) is 0.125. The van der Waals surface area contributed by atoms with Gasteiger partial charge in [-0.05, 0) is 25.1 Å². The van der Waals surface area contributed by atoms with Gasteiger partial charge >= 0.3 is 5.97 Å². The summed E-state index contributed by atoms with van der Waals surface area (Å²) >= 11 is 2.70. The number of amides is 1. The number of carbonyl (C=O) groups excluding carboxylic acids is 1. The second kappa shape index (κ2) is 7.08. The highest BCUT2D eigenvalue weighted by molar-refractivity contribution is 7.97. The molecule has 0 atom stereocenters. The van der Waals surface area contributed by atoms with Crippen LogP contribution in [0.3, 0.4) is 0 Å². The van der Waals surface area contributed by atoms with Gasteiger partial charge in [0, 0.05) is 35.5 Å². The molecule has 1 aromatic carbocycles. The van der Waals surface area contributed by atoms with Crippen LogP contribution >= 0.6 is 23.3 Å². The highest BCUT2D eigenvalue weighted by Gasteiger charge is 2.13. The minimum atomic E-state index is -0.964. The summed E-state index contributed by atoms with van der Waals surface area (Å²) in [5, 5.41) is 16.6. The van der Waals surface area contributed by atoms with E-state index < -0.39 is 5.97 Å². The predicted octanol–water partition coefficient (Wildman–Crippen LogP) is 3.53. The zero-order valence-corrected chi connectivity index (χ0v) is 15.0. The Kier molecular flexibility index (Phi) is 4.86. The van der Waals surface area contributed by atoms with Crippen LogP contribution in [0.4, 0.5) is 5.13 Å². The summed E-state index contributed by atoms with van der Waals surface area (Å²) in [4.78, 5) is 28.2. The van der Waals surface area contributed by atoms with Gasteiger partial charge in [-0.3, -0.25) is 4.79 Å². The molecule has 0 unspecified atom stereocenters. The Hall–Kier alpha value is -2.65. The van der Waals surface area contributed by atoms with Crippen LogP contribution in [0.1, 0.15) is 23.0 Å². The van der Waals surface area contributed by atoms with Crippen molar-refractivity contribution in [2.24, 2.45) is 0 Å². The summed E-state index contributed by atoms with van der Waals surface area (Å²) in [7, 11) is 0. The van der Waals surface area contributed by atoms with Gasteiger partial charge in [-0.25, -0.2) is 13.9 Å². The molecular formula is C16H14N4O3S2. The Morgan fingerprint density at radius 3 is 2.88 bits per heavy atom. The van der Waals surface area contributed by atoms with Crippen molar-refractivity contribution in [3.05, 3.63) is 47.9 Å². The van der Waals surface area contributed by atoms with E-state index in [2.05, 4.69) is 15.4 Å². The third kappa shape index (κ3) is 4.06. The van der Waals surface area contributed by atoms with Gasteiger partial charge in [0.2, 0.25) is 5.91 Å². The largest absolute Gasteiger partial charge is 0.478 e. The summed E-state index contributed by atoms with van der Waals surface area (Å²) in [6.45, 7) is 3.31. The topological polar surface area (TPSA) is 97.1 Å². The van der Waals surface area contributed by atoms with Crippen molar-refractivity contribution in [2.75, 3.05) is 5.32 Å². The van der Waals surface area contributed by atoms with E-state index >= 15 is 0 Å². The van der Waals surface area contributed by atoms with E-state index in [1.807, 2.05) is 19.2 Å². The smallest absolute Gasteiger partial charge is 0.335 e. The molecule has 25 heavy (non-hydrogen) atoms. The molecule has 3 rings (SSSR count). The maximum Gasteiger partial charge on any atom is 0.335 e. The van der Waals surface area contributed by atoms with E-state index in [9.17, 15) is 9.59 Å². The Morgan fingerprint density at radius 2 is 2.16 bits per heavy atom. The van der Waals surface area contributed by atoms with Crippen molar-refractivity contribution in [2.45, 2.75) is 18.7 Å². The molecule has 0 aliphatic carbocycles. The number of aromatic carboxylic acids is 1. The quantitative estimate of drug-likeness (QED) is 0.709. The number of anilines is 1. The number of aromatic nitrogens is 3. The second-order valence-electron chi connectivity index (χ2n) is 5.17. The maximum absolute atomic E-state index is 11.1. The highest BCUT2D eigenvalue weighted by atomic mass is 32.2. The summed E-state index contributed by atoms with van der Waals surface area (Å²) in [6.07, 6.45) is 3.56. The van der Waals surface area contributed by atoms with Crippen LogP contribution in [-0.4, -0.2) is 31.2 Å². The van der Waals surface area contributed by atoms with Gasteiger partial charge in [0.05, 0.1) is 22.3 Å². The number of carboxylic acids is 1. The Bertz CT molecular complexity index is 949. The maximum atomic E-state index is 11.1. The molecule has 2 heterocycles. The first-order valence-corrected chi connectivity index (χ1v) is 8.83. The molecule has 1 amide bonds. The fourth-order valence-electron chi connectivity index (χ4n) is 2.13. The van der Waals surface area contributed by atoms with E-state index in [-0.39, 0.29) is 11.5 Å². The lowest BCUT2D eigenvalue weighted by Crippen LogP contribution is -2.04. The molecular weight excluding hydrogens is 360 g/mol. The van der Waals surface area contributed by atoms with Crippen LogP contribution in [0.15, 0.2) is 41.6 Å². The lowest BCUT2D eigenvalue weighted by molar-refractivity contribution is -0.114. The monoisotopic (exact) mass is 374 g/mol. The zero-order chi connectivity index (χ0) is 18.0. The average molecular weight is 374 g/mol. The number of nitrogens with zero attached hydrogens (tertiary/aromatic N) is 3. The van der Waals surface area contributed by atoms with Crippen LogP contribution in [0.25, 0.3) is 10.4 Å². The molecule has 3 aromatic rings. The van der Waals surface area contributed by atoms with Crippen LogP contribution in [0, 0.1) is 6.92 Å². The van der Waals surface area contributed by atoms with Crippen LogP contribution in [-0.2, 0) is 4.79 Å². The molecule has 0 saturated carbocycles. The molecule has 9 heteroatoms. The molecule has 2 N–H and O–H groups in total. The molecule has 0 aliphatic rings. The molecule has 0 saturated heterocycles.